The van der Waals surface area contributed by atoms with Crippen LogP contribution in [0.2, 0.25) is 0 Å². The second-order valence-electron chi connectivity index (χ2n) is 8.73. The van der Waals surface area contributed by atoms with Gasteiger partial charge in [0.25, 0.3) is 5.91 Å². The van der Waals surface area contributed by atoms with Gasteiger partial charge in [-0.15, -0.1) is 0 Å². The average molecular weight is 438 g/mol. The highest BCUT2D eigenvalue weighted by Gasteiger charge is 2.22. The summed E-state index contributed by atoms with van der Waals surface area (Å²) in [5.41, 5.74) is 7.97. The molecule has 0 saturated carbocycles. The van der Waals surface area contributed by atoms with Crippen molar-refractivity contribution in [3.05, 3.63) is 74.8 Å². The number of aryl methyl sites for hydroxylation is 2. The topological polar surface area (TPSA) is 94.4 Å². The third kappa shape index (κ3) is 4.51. The fourth-order valence-corrected chi connectivity index (χ4v) is 3.59. The van der Waals surface area contributed by atoms with Gasteiger partial charge in [0.2, 0.25) is 0 Å². The maximum Gasteiger partial charge on any atom is 0.254 e. The Bertz CT molecular complexity index is 1260. The van der Waals surface area contributed by atoms with Gasteiger partial charge in [-0.2, -0.15) is 0 Å². The largest absolute Gasteiger partial charge is 0.493 e. The first-order chi connectivity index (χ1) is 14.9. The van der Waals surface area contributed by atoms with Crippen molar-refractivity contribution >= 4 is 5.91 Å². The van der Waals surface area contributed by atoms with E-state index in [1.807, 2.05) is 19.1 Å². The molecule has 0 aliphatic heterocycles. The summed E-state index contributed by atoms with van der Waals surface area (Å²) in [7, 11) is 1.43. The van der Waals surface area contributed by atoms with Gasteiger partial charge in [0, 0.05) is 23.4 Å². The number of amides is 1. The van der Waals surface area contributed by atoms with E-state index in [-0.39, 0.29) is 16.7 Å². The molecule has 6 nitrogen and oxygen atoms in total. The van der Waals surface area contributed by atoms with Crippen molar-refractivity contribution in [1.82, 2.24) is 4.98 Å². The van der Waals surface area contributed by atoms with Gasteiger partial charge in [0.05, 0.1) is 12.8 Å². The van der Waals surface area contributed by atoms with Crippen molar-refractivity contribution in [2.24, 2.45) is 5.73 Å². The molecule has 7 heteroatoms. The van der Waals surface area contributed by atoms with Crippen LogP contribution in [0.5, 0.6) is 17.2 Å². The number of pyridine rings is 1. The molecule has 1 heterocycles. The predicted molar refractivity (Wildman–Crippen MR) is 122 cm³/mol. The van der Waals surface area contributed by atoms with Crippen molar-refractivity contribution in [2.75, 3.05) is 7.11 Å². The number of aromatic nitrogens is 1. The highest BCUT2D eigenvalue weighted by atomic mass is 19.1. The number of carbonyl (C=O) groups is 1. The summed E-state index contributed by atoms with van der Waals surface area (Å²) in [5.74, 6) is -0.211. The van der Waals surface area contributed by atoms with E-state index in [0.717, 1.165) is 11.1 Å². The van der Waals surface area contributed by atoms with Gasteiger partial charge in [0.1, 0.15) is 17.1 Å². The van der Waals surface area contributed by atoms with E-state index in [2.05, 4.69) is 25.8 Å². The monoisotopic (exact) mass is 438 g/mol. The Kier molecular flexibility index (Phi) is 6.12. The molecule has 1 aromatic heterocycles. The number of hydrogen-bond donors (Lipinski definition) is 2. The van der Waals surface area contributed by atoms with Crippen molar-refractivity contribution < 1.29 is 18.7 Å². The number of nitrogens with two attached hydrogens (primary N) is 1. The van der Waals surface area contributed by atoms with E-state index in [0.29, 0.717) is 28.5 Å². The Hall–Kier alpha value is -3.61. The maximum absolute atomic E-state index is 13.7. The number of halogens is 1. The molecule has 1 amide bonds. The second-order valence-corrected chi connectivity index (χ2v) is 8.73. The number of hydrogen-bond acceptors (Lipinski definition) is 4. The zero-order valence-corrected chi connectivity index (χ0v) is 19.1. The summed E-state index contributed by atoms with van der Waals surface area (Å²) in [6, 6.07) is 9.26. The zero-order valence-electron chi connectivity index (χ0n) is 19.1. The molecular formula is C25H27FN2O4. The molecule has 2 aromatic carbocycles. The van der Waals surface area contributed by atoms with Crippen molar-refractivity contribution in [3.8, 4) is 28.5 Å². The van der Waals surface area contributed by atoms with Gasteiger partial charge < -0.3 is 20.2 Å². The first-order valence-corrected chi connectivity index (χ1v) is 10.1. The third-order valence-corrected chi connectivity index (χ3v) is 5.25. The lowest BCUT2D eigenvalue weighted by atomic mass is 9.84. The molecule has 0 aliphatic rings. The van der Waals surface area contributed by atoms with Crippen LogP contribution in [0, 0.1) is 19.7 Å². The van der Waals surface area contributed by atoms with Gasteiger partial charge in [-0.05, 0) is 48.6 Å². The van der Waals surface area contributed by atoms with Crippen LogP contribution in [0.1, 0.15) is 48.0 Å². The SMILES string of the molecule is COc1cc(F)ccc1Oc1cc(C(C)(C)C)cc(C)c1-c1cc(=O)c(C(N)=O)c(C)[nH]1. The Labute approximate surface area is 186 Å². The zero-order chi connectivity index (χ0) is 23.8. The Morgan fingerprint density at radius 3 is 2.28 bits per heavy atom. The average Bonchev–Trinajstić information content (AvgIpc) is 2.67. The van der Waals surface area contributed by atoms with E-state index >= 15 is 0 Å². The van der Waals surface area contributed by atoms with Crippen LogP contribution in [-0.2, 0) is 5.41 Å². The number of aromatic amines is 1. The Morgan fingerprint density at radius 2 is 1.72 bits per heavy atom. The first-order valence-electron chi connectivity index (χ1n) is 10.1. The van der Waals surface area contributed by atoms with Crippen LogP contribution < -0.4 is 20.6 Å². The van der Waals surface area contributed by atoms with Gasteiger partial charge in [-0.1, -0.05) is 26.8 Å². The number of methoxy groups -OCH3 is 1. The molecule has 3 N–H and O–H groups in total. The van der Waals surface area contributed by atoms with Crippen molar-refractivity contribution in [2.45, 2.75) is 40.0 Å². The van der Waals surface area contributed by atoms with Gasteiger partial charge in [-0.3, -0.25) is 9.59 Å². The van der Waals surface area contributed by atoms with Crippen LogP contribution in [0.3, 0.4) is 0 Å². The van der Waals surface area contributed by atoms with E-state index in [4.69, 9.17) is 15.2 Å². The number of benzene rings is 2. The van der Waals surface area contributed by atoms with Crippen LogP contribution in [0.15, 0.2) is 41.2 Å². The molecule has 0 unspecified atom stereocenters. The summed E-state index contributed by atoms with van der Waals surface area (Å²) in [5, 5.41) is 0. The Morgan fingerprint density at radius 1 is 1.03 bits per heavy atom. The lowest BCUT2D eigenvalue weighted by Crippen LogP contribution is -2.24. The summed E-state index contributed by atoms with van der Waals surface area (Å²) in [6.45, 7) is 9.77. The molecule has 0 bridgehead atoms. The summed E-state index contributed by atoms with van der Waals surface area (Å²) < 4.78 is 25.2. The standard InChI is InChI=1S/C25H27FN2O4/c1-13-9-15(25(3,4)5)10-21(32-19-8-7-16(26)11-20(19)31-6)22(13)17-12-18(29)23(24(27)30)14(2)28-17/h7-12H,1-6H3,(H2,27,30)(H,28,29). The van der Waals surface area contributed by atoms with Gasteiger partial charge in [0.15, 0.2) is 16.9 Å². The van der Waals surface area contributed by atoms with Crippen LogP contribution in [-0.4, -0.2) is 18.0 Å². The second kappa shape index (κ2) is 8.49. The lowest BCUT2D eigenvalue weighted by molar-refractivity contribution is 0.0998. The van der Waals surface area contributed by atoms with E-state index in [1.54, 1.807) is 6.92 Å². The molecule has 0 atom stereocenters. The smallest absolute Gasteiger partial charge is 0.254 e. The van der Waals surface area contributed by atoms with Crippen molar-refractivity contribution in [1.29, 1.82) is 0 Å². The molecule has 0 spiro atoms. The van der Waals surface area contributed by atoms with Crippen LogP contribution >= 0.6 is 0 Å². The van der Waals surface area contributed by atoms with E-state index < -0.39 is 17.2 Å². The predicted octanol–water partition coefficient (Wildman–Crippen LogP) is 5.00. The number of H-pyrrole nitrogens is 1. The quantitative estimate of drug-likeness (QED) is 0.586. The fraction of sp³-hybridized carbons (Fsp3) is 0.280. The molecule has 32 heavy (non-hydrogen) atoms. The minimum absolute atomic E-state index is 0.0830. The van der Waals surface area contributed by atoms with E-state index in [1.165, 1.54) is 31.4 Å². The number of primary amides is 1. The van der Waals surface area contributed by atoms with Crippen LogP contribution in [0.4, 0.5) is 4.39 Å². The molecular weight excluding hydrogens is 411 g/mol. The van der Waals surface area contributed by atoms with Gasteiger partial charge in [-0.25, -0.2) is 4.39 Å². The maximum atomic E-state index is 13.7. The molecule has 0 aliphatic carbocycles. The number of nitrogens with one attached hydrogen (secondary N) is 1. The highest BCUT2D eigenvalue weighted by molar-refractivity contribution is 5.94. The van der Waals surface area contributed by atoms with Gasteiger partial charge >= 0.3 is 0 Å². The van der Waals surface area contributed by atoms with Crippen molar-refractivity contribution in [3.63, 3.8) is 0 Å². The fourth-order valence-electron chi connectivity index (χ4n) is 3.59. The molecule has 3 rings (SSSR count). The summed E-state index contributed by atoms with van der Waals surface area (Å²) in [6.07, 6.45) is 0. The first kappa shape index (κ1) is 23.1. The molecule has 168 valence electrons. The highest BCUT2D eigenvalue weighted by Crippen LogP contribution is 2.41. The number of ether oxygens (including phenoxy) is 2. The molecule has 0 saturated heterocycles. The molecule has 0 radical (unpaired) electrons. The summed E-state index contributed by atoms with van der Waals surface area (Å²) >= 11 is 0. The number of rotatable bonds is 5. The minimum Gasteiger partial charge on any atom is -0.493 e. The number of carbonyl (C=O) groups excluding carboxylic acids is 1. The normalized spacial score (nSPS) is 11.3. The van der Waals surface area contributed by atoms with Crippen LogP contribution in [0.25, 0.3) is 11.3 Å². The molecule has 0 fully saturated rings. The minimum atomic E-state index is -0.789. The molecule has 3 aromatic rings. The Balaban J connectivity index is 2.28. The van der Waals surface area contributed by atoms with E-state index in [9.17, 15) is 14.0 Å². The third-order valence-electron chi connectivity index (χ3n) is 5.25. The summed E-state index contributed by atoms with van der Waals surface area (Å²) in [4.78, 5) is 27.4. The lowest BCUT2D eigenvalue weighted by Gasteiger charge is -2.24.